The minimum absolute atomic E-state index is 0.635. The monoisotopic (exact) mass is 424 g/mol. The number of nitrogens with one attached hydrogen (secondary N) is 3. The van der Waals surface area contributed by atoms with E-state index in [1.807, 2.05) is 0 Å². The Labute approximate surface area is 181 Å². The Morgan fingerprint density at radius 1 is 0.935 bits per heavy atom. The highest BCUT2D eigenvalue weighted by atomic mass is 16.5. The molecule has 1 aromatic carbocycles. The number of benzene rings is 1. The van der Waals surface area contributed by atoms with E-state index >= 15 is 0 Å². The Hall–Kier alpha value is -2.95. The van der Waals surface area contributed by atoms with E-state index in [1.165, 1.54) is 5.69 Å². The predicted molar refractivity (Wildman–Crippen MR) is 120 cm³/mol. The second-order valence-electron chi connectivity index (χ2n) is 7.66. The summed E-state index contributed by atoms with van der Waals surface area (Å²) in [6, 6.07) is 8.36. The van der Waals surface area contributed by atoms with Gasteiger partial charge in [-0.2, -0.15) is 4.98 Å². The van der Waals surface area contributed by atoms with Crippen molar-refractivity contribution in [2.45, 2.75) is 0 Å². The number of H-pyrrole nitrogens is 1. The molecule has 2 aromatic heterocycles. The molecule has 0 unspecified atom stereocenters. The van der Waals surface area contributed by atoms with Crippen LogP contribution in [-0.4, -0.2) is 90.5 Å². The van der Waals surface area contributed by atoms with Crippen molar-refractivity contribution in [3.05, 3.63) is 30.6 Å². The number of hydrogen-bond acceptors (Lipinski definition) is 9. The molecule has 2 fully saturated rings. The van der Waals surface area contributed by atoms with Crippen molar-refractivity contribution < 1.29 is 9.47 Å². The van der Waals surface area contributed by atoms with E-state index in [0.29, 0.717) is 11.6 Å². The zero-order valence-corrected chi connectivity index (χ0v) is 17.5. The van der Waals surface area contributed by atoms with Gasteiger partial charge in [-0.05, 0) is 24.3 Å². The van der Waals surface area contributed by atoms with E-state index < -0.39 is 0 Å². The number of rotatable bonds is 7. The molecular weight excluding hydrogens is 396 g/mol. The van der Waals surface area contributed by atoms with Crippen LogP contribution in [0.1, 0.15) is 0 Å². The fourth-order valence-electron chi connectivity index (χ4n) is 3.89. The van der Waals surface area contributed by atoms with Crippen LogP contribution in [0.4, 0.5) is 23.1 Å². The minimum atomic E-state index is 0.635. The number of imidazole rings is 1. The molecule has 2 saturated heterocycles. The van der Waals surface area contributed by atoms with Crippen LogP contribution in [0.2, 0.25) is 0 Å². The van der Waals surface area contributed by atoms with Gasteiger partial charge >= 0.3 is 0 Å². The number of aromatic amines is 1. The van der Waals surface area contributed by atoms with Gasteiger partial charge in [0.05, 0.1) is 26.4 Å². The molecule has 3 N–H and O–H groups in total. The Balaban J connectivity index is 1.22. The normalized spacial score (nSPS) is 17.7. The molecule has 5 rings (SSSR count). The Morgan fingerprint density at radius 2 is 1.68 bits per heavy atom. The summed E-state index contributed by atoms with van der Waals surface area (Å²) in [7, 11) is 0. The summed E-state index contributed by atoms with van der Waals surface area (Å²) in [6.45, 7) is 8.73. The molecule has 164 valence electrons. The molecule has 2 aliphatic rings. The number of ether oxygens (including phenoxy) is 2. The largest absolute Gasteiger partial charge is 0.379 e. The molecule has 0 atom stereocenters. The van der Waals surface area contributed by atoms with Crippen molar-refractivity contribution in [3.63, 3.8) is 0 Å². The van der Waals surface area contributed by atoms with Crippen molar-refractivity contribution in [2.24, 2.45) is 0 Å². The highest BCUT2D eigenvalue weighted by Crippen LogP contribution is 2.23. The molecule has 3 aromatic rings. The van der Waals surface area contributed by atoms with E-state index in [2.05, 4.69) is 64.6 Å². The summed E-state index contributed by atoms with van der Waals surface area (Å²) in [4.78, 5) is 21.3. The first-order valence-electron chi connectivity index (χ1n) is 10.8. The van der Waals surface area contributed by atoms with Crippen molar-refractivity contribution in [3.8, 4) is 0 Å². The van der Waals surface area contributed by atoms with Gasteiger partial charge in [-0.1, -0.05) is 0 Å². The predicted octanol–water partition coefficient (Wildman–Crippen LogP) is 1.68. The fraction of sp³-hybridized carbons (Fsp3) is 0.476. The zero-order chi connectivity index (χ0) is 20.9. The third-order valence-electron chi connectivity index (χ3n) is 5.62. The quantitative estimate of drug-likeness (QED) is 0.523. The molecular formula is C21H28N8O2. The van der Waals surface area contributed by atoms with Gasteiger partial charge in [0.25, 0.3) is 0 Å². The number of hydrogen-bond donors (Lipinski definition) is 3. The van der Waals surface area contributed by atoms with E-state index in [-0.39, 0.29) is 0 Å². The van der Waals surface area contributed by atoms with Gasteiger partial charge in [0.2, 0.25) is 5.95 Å². The van der Waals surface area contributed by atoms with Gasteiger partial charge in [0.1, 0.15) is 11.8 Å². The van der Waals surface area contributed by atoms with Gasteiger partial charge in [-0.3, -0.25) is 4.90 Å². The molecule has 0 radical (unpaired) electrons. The number of aromatic nitrogens is 4. The van der Waals surface area contributed by atoms with E-state index in [1.54, 1.807) is 6.33 Å². The lowest BCUT2D eigenvalue weighted by Gasteiger charge is -2.28. The Bertz CT molecular complexity index is 981. The highest BCUT2D eigenvalue weighted by Gasteiger charge is 2.13. The summed E-state index contributed by atoms with van der Waals surface area (Å²) in [5.41, 5.74) is 3.61. The van der Waals surface area contributed by atoms with Gasteiger partial charge in [0, 0.05) is 50.6 Å². The second kappa shape index (κ2) is 9.46. The first-order chi connectivity index (χ1) is 15.3. The standard InChI is InChI=1S/C21H28N8O2/c1-3-17(29-9-13-31-14-10-29)4-2-16(1)25-21-26-18-19(23-15-24-20(18)27-21)22-5-6-28-7-11-30-12-8-28/h1-4,15H,5-14H2,(H3,22,23,24,25,26,27). The van der Waals surface area contributed by atoms with Gasteiger partial charge in [-0.15, -0.1) is 0 Å². The van der Waals surface area contributed by atoms with Crippen molar-refractivity contribution in [1.82, 2.24) is 24.8 Å². The number of morpholine rings is 2. The summed E-state index contributed by atoms with van der Waals surface area (Å²) < 4.78 is 10.8. The van der Waals surface area contributed by atoms with Gasteiger partial charge in [-0.25, -0.2) is 9.97 Å². The van der Waals surface area contributed by atoms with E-state index in [0.717, 1.165) is 82.7 Å². The SMILES string of the molecule is c1nc(NCCN2CCOCC2)c2[nH]c(Nc3ccc(N4CCOCC4)cc3)nc2n1. The van der Waals surface area contributed by atoms with Gasteiger partial charge in [0.15, 0.2) is 11.5 Å². The van der Waals surface area contributed by atoms with Crippen molar-refractivity contribution in [1.29, 1.82) is 0 Å². The number of fused-ring (bicyclic) bond motifs is 1. The van der Waals surface area contributed by atoms with E-state index in [4.69, 9.17) is 9.47 Å². The van der Waals surface area contributed by atoms with E-state index in [9.17, 15) is 0 Å². The highest BCUT2D eigenvalue weighted by molar-refractivity contribution is 5.84. The lowest BCUT2D eigenvalue weighted by atomic mass is 10.2. The average molecular weight is 425 g/mol. The van der Waals surface area contributed by atoms with Crippen LogP contribution in [0.3, 0.4) is 0 Å². The molecule has 0 saturated carbocycles. The fourth-order valence-corrected chi connectivity index (χ4v) is 3.89. The molecule has 31 heavy (non-hydrogen) atoms. The lowest BCUT2D eigenvalue weighted by Crippen LogP contribution is -2.39. The zero-order valence-electron chi connectivity index (χ0n) is 17.5. The van der Waals surface area contributed by atoms with Crippen LogP contribution < -0.4 is 15.5 Å². The molecule has 0 bridgehead atoms. The lowest BCUT2D eigenvalue weighted by molar-refractivity contribution is 0.0398. The molecule has 10 nitrogen and oxygen atoms in total. The smallest absolute Gasteiger partial charge is 0.207 e. The van der Waals surface area contributed by atoms with Crippen molar-refractivity contribution >= 4 is 34.3 Å². The second-order valence-corrected chi connectivity index (χ2v) is 7.66. The van der Waals surface area contributed by atoms with Crippen LogP contribution >= 0.6 is 0 Å². The van der Waals surface area contributed by atoms with Crippen LogP contribution in [0.5, 0.6) is 0 Å². The first kappa shape index (κ1) is 20.0. The maximum Gasteiger partial charge on any atom is 0.207 e. The Morgan fingerprint density at radius 3 is 2.45 bits per heavy atom. The maximum absolute atomic E-state index is 5.43. The topological polar surface area (TPSA) is 103 Å². The van der Waals surface area contributed by atoms with Gasteiger partial charge < -0.3 is 30.0 Å². The first-order valence-corrected chi connectivity index (χ1v) is 10.8. The molecule has 10 heteroatoms. The third kappa shape index (κ3) is 4.87. The van der Waals surface area contributed by atoms with Crippen molar-refractivity contribution in [2.75, 3.05) is 81.2 Å². The minimum Gasteiger partial charge on any atom is -0.379 e. The average Bonchev–Trinajstić information content (AvgIpc) is 3.24. The number of anilines is 4. The Kier molecular flexibility index (Phi) is 6.10. The van der Waals surface area contributed by atoms with Crippen LogP contribution in [0, 0.1) is 0 Å². The summed E-state index contributed by atoms with van der Waals surface area (Å²) in [5.74, 6) is 1.41. The molecule has 0 spiro atoms. The van der Waals surface area contributed by atoms with Crippen LogP contribution in [-0.2, 0) is 9.47 Å². The molecule has 2 aliphatic heterocycles. The summed E-state index contributed by atoms with van der Waals surface area (Å²) >= 11 is 0. The molecule has 0 amide bonds. The summed E-state index contributed by atoms with van der Waals surface area (Å²) in [6.07, 6.45) is 1.54. The summed E-state index contributed by atoms with van der Waals surface area (Å²) in [5, 5.41) is 6.74. The molecule has 4 heterocycles. The maximum atomic E-state index is 5.43. The third-order valence-corrected chi connectivity index (χ3v) is 5.62. The number of nitrogens with zero attached hydrogens (tertiary/aromatic N) is 5. The van der Waals surface area contributed by atoms with Crippen LogP contribution in [0.15, 0.2) is 30.6 Å². The molecule has 0 aliphatic carbocycles. The van der Waals surface area contributed by atoms with Crippen LogP contribution in [0.25, 0.3) is 11.2 Å².